The Morgan fingerprint density at radius 1 is 1.00 bits per heavy atom. The van der Waals surface area contributed by atoms with Crippen LogP contribution in [0.4, 0.5) is 0 Å². The van der Waals surface area contributed by atoms with Crippen molar-refractivity contribution in [3.63, 3.8) is 0 Å². The summed E-state index contributed by atoms with van der Waals surface area (Å²) in [5, 5.41) is 3.48. The van der Waals surface area contributed by atoms with Crippen LogP contribution in [0.5, 0.6) is 0 Å². The van der Waals surface area contributed by atoms with E-state index in [0.717, 1.165) is 27.1 Å². The largest absolute Gasteiger partial charge is 0.462 e. The van der Waals surface area contributed by atoms with Gasteiger partial charge in [0.15, 0.2) is 0 Å². The second kappa shape index (κ2) is 5.30. The molecule has 0 spiro atoms. The molecule has 0 atom stereocenters. The highest BCUT2D eigenvalue weighted by molar-refractivity contribution is 6.19. The SMILES string of the molecule is C#Cc1c2ccccc2c(C(=O)OCC)c2ccccc12. The maximum atomic E-state index is 12.4. The standard InChI is InChI=1S/C19H14O2/c1-3-13-14-9-5-7-11-16(14)18(19(20)21-4-2)17-12-8-6-10-15(13)17/h1,5-12H,4H2,2H3. The van der Waals surface area contributed by atoms with Crippen LogP contribution in [-0.4, -0.2) is 12.6 Å². The van der Waals surface area contributed by atoms with E-state index < -0.39 is 0 Å². The number of benzene rings is 3. The molecular formula is C19H14O2. The normalized spacial score (nSPS) is 10.5. The van der Waals surface area contributed by atoms with Crippen molar-refractivity contribution < 1.29 is 9.53 Å². The lowest BCUT2D eigenvalue weighted by Crippen LogP contribution is -2.07. The zero-order valence-corrected chi connectivity index (χ0v) is 11.7. The highest BCUT2D eigenvalue weighted by Crippen LogP contribution is 2.32. The lowest BCUT2D eigenvalue weighted by atomic mass is 9.92. The van der Waals surface area contributed by atoms with Crippen LogP contribution in [0.15, 0.2) is 48.5 Å². The first-order valence-corrected chi connectivity index (χ1v) is 6.85. The molecule has 0 N–H and O–H groups in total. The molecule has 3 aromatic rings. The van der Waals surface area contributed by atoms with Crippen molar-refractivity contribution in [1.82, 2.24) is 0 Å². The molecule has 2 nitrogen and oxygen atoms in total. The number of hydrogen-bond acceptors (Lipinski definition) is 2. The van der Waals surface area contributed by atoms with E-state index in [0.29, 0.717) is 12.2 Å². The van der Waals surface area contributed by atoms with Gasteiger partial charge in [0, 0.05) is 5.56 Å². The molecular weight excluding hydrogens is 260 g/mol. The van der Waals surface area contributed by atoms with Crippen molar-refractivity contribution in [2.24, 2.45) is 0 Å². The first-order chi connectivity index (χ1) is 10.3. The third-order valence-electron chi connectivity index (χ3n) is 3.56. The Morgan fingerprint density at radius 3 is 1.90 bits per heavy atom. The van der Waals surface area contributed by atoms with E-state index in [9.17, 15) is 4.79 Å². The van der Waals surface area contributed by atoms with Crippen molar-refractivity contribution in [2.75, 3.05) is 6.61 Å². The molecule has 2 heteroatoms. The molecule has 102 valence electrons. The maximum absolute atomic E-state index is 12.4. The maximum Gasteiger partial charge on any atom is 0.339 e. The van der Waals surface area contributed by atoms with Crippen LogP contribution in [0, 0.1) is 12.3 Å². The lowest BCUT2D eigenvalue weighted by molar-refractivity contribution is 0.0531. The van der Waals surface area contributed by atoms with Crippen molar-refractivity contribution in [3.8, 4) is 12.3 Å². The minimum atomic E-state index is -0.312. The molecule has 0 aliphatic carbocycles. The highest BCUT2D eigenvalue weighted by atomic mass is 16.5. The van der Waals surface area contributed by atoms with Crippen LogP contribution in [0.25, 0.3) is 21.5 Å². The van der Waals surface area contributed by atoms with Crippen molar-refractivity contribution in [3.05, 3.63) is 59.7 Å². The fourth-order valence-corrected chi connectivity index (χ4v) is 2.71. The van der Waals surface area contributed by atoms with Crippen molar-refractivity contribution in [1.29, 1.82) is 0 Å². The summed E-state index contributed by atoms with van der Waals surface area (Å²) in [6, 6.07) is 15.4. The summed E-state index contributed by atoms with van der Waals surface area (Å²) >= 11 is 0. The van der Waals surface area contributed by atoms with Crippen LogP contribution < -0.4 is 0 Å². The number of hydrogen-bond donors (Lipinski definition) is 0. The Hall–Kier alpha value is -2.79. The van der Waals surface area contributed by atoms with E-state index in [4.69, 9.17) is 11.2 Å². The fraction of sp³-hybridized carbons (Fsp3) is 0.105. The van der Waals surface area contributed by atoms with Gasteiger partial charge in [-0.2, -0.15) is 0 Å². The van der Waals surface area contributed by atoms with Crippen LogP contribution >= 0.6 is 0 Å². The van der Waals surface area contributed by atoms with Gasteiger partial charge >= 0.3 is 5.97 Å². The Morgan fingerprint density at radius 2 is 1.48 bits per heavy atom. The average Bonchev–Trinajstić information content (AvgIpc) is 2.52. The molecule has 3 rings (SSSR count). The minimum absolute atomic E-state index is 0.312. The first-order valence-electron chi connectivity index (χ1n) is 6.85. The molecule has 0 aromatic heterocycles. The molecule has 0 aliphatic rings. The van der Waals surface area contributed by atoms with Gasteiger partial charge in [0.05, 0.1) is 12.2 Å². The number of rotatable bonds is 2. The van der Waals surface area contributed by atoms with Crippen molar-refractivity contribution in [2.45, 2.75) is 6.92 Å². The van der Waals surface area contributed by atoms with Gasteiger partial charge < -0.3 is 4.74 Å². The number of carbonyl (C=O) groups excluding carboxylic acids is 1. The summed E-state index contributed by atoms with van der Waals surface area (Å²) in [5.74, 6) is 2.45. The summed E-state index contributed by atoms with van der Waals surface area (Å²) in [6.07, 6.45) is 5.70. The molecule has 0 saturated heterocycles. The molecule has 0 radical (unpaired) electrons. The van der Waals surface area contributed by atoms with E-state index in [-0.39, 0.29) is 5.97 Å². The second-order valence-electron chi connectivity index (χ2n) is 4.71. The third kappa shape index (κ3) is 2.04. The summed E-state index contributed by atoms with van der Waals surface area (Å²) < 4.78 is 5.23. The number of esters is 1. The zero-order chi connectivity index (χ0) is 14.8. The first kappa shape index (κ1) is 13.2. The Labute approximate surface area is 123 Å². The number of ether oxygens (including phenoxy) is 1. The molecule has 0 amide bonds. The predicted octanol–water partition coefficient (Wildman–Crippen LogP) is 4.15. The second-order valence-corrected chi connectivity index (χ2v) is 4.71. The van der Waals surface area contributed by atoms with Crippen LogP contribution in [0.2, 0.25) is 0 Å². The summed E-state index contributed by atoms with van der Waals surface area (Å²) in [4.78, 5) is 12.4. The Kier molecular flexibility index (Phi) is 3.33. The molecule has 0 heterocycles. The van der Waals surface area contributed by atoms with Gasteiger partial charge in [-0.3, -0.25) is 0 Å². The smallest absolute Gasteiger partial charge is 0.339 e. The van der Waals surface area contributed by atoms with Gasteiger partial charge in [0.2, 0.25) is 0 Å². The van der Waals surface area contributed by atoms with Gasteiger partial charge in [-0.1, -0.05) is 54.5 Å². The van der Waals surface area contributed by atoms with E-state index in [1.165, 1.54) is 0 Å². The number of terminal acetylenes is 1. The monoisotopic (exact) mass is 274 g/mol. The van der Waals surface area contributed by atoms with Crippen LogP contribution in [0.3, 0.4) is 0 Å². The minimum Gasteiger partial charge on any atom is -0.462 e. The average molecular weight is 274 g/mol. The topological polar surface area (TPSA) is 26.3 Å². The lowest BCUT2D eigenvalue weighted by Gasteiger charge is -2.13. The van der Waals surface area contributed by atoms with Gasteiger partial charge in [0.25, 0.3) is 0 Å². The van der Waals surface area contributed by atoms with Gasteiger partial charge in [-0.15, -0.1) is 6.42 Å². The number of carbonyl (C=O) groups is 1. The molecule has 0 saturated carbocycles. The molecule has 3 aromatic carbocycles. The molecule has 0 bridgehead atoms. The van der Waals surface area contributed by atoms with Crippen LogP contribution in [0.1, 0.15) is 22.8 Å². The van der Waals surface area contributed by atoms with Crippen LogP contribution in [-0.2, 0) is 4.74 Å². The molecule has 21 heavy (non-hydrogen) atoms. The zero-order valence-electron chi connectivity index (χ0n) is 11.7. The Bertz CT molecular complexity index is 828. The van der Waals surface area contributed by atoms with E-state index in [1.54, 1.807) is 6.92 Å². The highest BCUT2D eigenvalue weighted by Gasteiger charge is 2.18. The summed E-state index contributed by atoms with van der Waals surface area (Å²) in [7, 11) is 0. The van der Waals surface area contributed by atoms with Gasteiger partial charge in [0.1, 0.15) is 0 Å². The third-order valence-corrected chi connectivity index (χ3v) is 3.56. The van der Waals surface area contributed by atoms with Gasteiger partial charge in [-0.05, 0) is 28.5 Å². The molecule has 0 unspecified atom stereocenters. The molecule has 0 aliphatic heterocycles. The summed E-state index contributed by atoms with van der Waals surface area (Å²) in [5.41, 5.74) is 1.40. The number of fused-ring (bicyclic) bond motifs is 2. The fourth-order valence-electron chi connectivity index (χ4n) is 2.71. The molecule has 0 fully saturated rings. The van der Waals surface area contributed by atoms with Crippen molar-refractivity contribution >= 4 is 27.5 Å². The quantitative estimate of drug-likeness (QED) is 0.398. The predicted molar refractivity (Wildman–Crippen MR) is 85.3 cm³/mol. The van der Waals surface area contributed by atoms with E-state index in [2.05, 4.69) is 5.92 Å². The van der Waals surface area contributed by atoms with E-state index >= 15 is 0 Å². The Balaban J connectivity index is 2.54. The van der Waals surface area contributed by atoms with Gasteiger partial charge in [-0.25, -0.2) is 4.79 Å². The van der Waals surface area contributed by atoms with E-state index in [1.807, 2.05) is 48.5 Å². The summed E-state index contributed by atoms with van der Waals surface area (Å²) in [6.45, 7) is 2.15.